The number of hydrogen-bond acceptors (Lipinski definition) is 2. The summed E-state index contributed by atoms with van der Waals surface area (Å²) < 4.78 is 2.21. The van der Waals surface area contributed by atoms with Crippen molar-refractivity contribution in [3.8, 4) is 0 Å². The fraction of sp³-hybridized carbons (Fsp3) is 0.500. The van der Waals surface area contributed by atoms with Crippen molar-refractivity contribution in [1.29, 1.82) is 0 Å². The van der Waals surface area contributed by atoms with Crippen LogP contribution < -0.4 is 5.32 Å². The molecule has 2 aromatic rings. The maximum atomic E-state index is 12.8. The van der Waals surface area contributed by atoms with E-state index >= 15 is 0 Å². The fourth-order valence-corrected chi connectivity index (χ4v) is 4.88. The molecule has 0 bridgehead atoms. The first kappa shape index (κ1) is 14.2. The molecule has 1 saturated carbocycles. The molecule has 1 aliphatic heterocycles. The highest BCUT2D eigenvalue weighted by Gasteiger charge is 2.26. The first-order valence-corrected chi connectivity index (χ1v) is 9.28. The summed E-state index contributed by atoms with van der Waals surface area (Å²) in [6.45, 7) is 3.19. The molecular formula is C18H22N2OS. The molecule has 3 nitrogen and oxygen atoms in total. The van der Waals surface area contributed by atoms with Crippen molar-refractivity contribution in [3.63, 3.8) is 0 Å². The van der Waals surface area contributed by atoms with E-state index in [1.807, 2.05) is 11.8 Å². The molecule has 2 atom stereocenters. The number of benzene rings is 1. The van der Waals surface area contributed by atoms with Crippen molar-refractivity contribution in [2.75, 3.05) is 5.75 Å². The summed E-state index contributed by atoms with van der Waals surface area (Å²) in [7, 11) is 0. The van der Waals surface area contributed by atoms with Gasteiger partial charge in [-0.3, -0.25) is 4.79 Å². The average Bonchev–Trinajstić information content (AvgIpc) is 2.91. The molecular weight excluding hydrogens is 292 g/mol. The van der Waals surface area contributed by atoms with E-state index in [4.69, 9.17) is 0 Å². The van der Waals surface area contributed by atoms with Gasteiger partial charge in [0.15, 0.2) is 0 Å². The number of thioether (sulfide) groups is 1. The van der Waals surface area contributed by atoms with Crippen molar-refractivity contribution in [1.82, 2.24) is 9.88 Å². The van der Waals surface area contributed by atoms with E-state index in [-0.39, 0.29) is 5.91 Å². The van der Waals surface area contributed by atoms with E-state index in [9.17, 15) is 4.79 Å². The lowest BCUT2D eigenvalue weighted by molar-refractivity contribution is 0.0901. The highest BCUT2D eigenvalue weighted by atomic mass is 32.2. The molecule has 1 N–H and O–H groups in total. The Labute approximate surface area is 135 Å². The average molecular weight is 314 g/mol. The molecule has 1 aliphatic carbocycles. The number of aromatic nitrogens is 1. The van der Waals surface area contributed by atoms with Crippen molar-refractivity contribution >= 4 is 28.6 Å². The molecule has 22 heavy (non-hydrogen) atoms. The van der Waals surface area contributed by atoms with Crippen LogP contribution in [0.1, 0.15) is 43.1 Å². The summed E-state index contributed by atoms with van der Waals surface area (Å²) >= 11 is 1.89. The molecule has 0 saturated heterocycles. The van der Waals surface area contributed by atoms with E-state index in [0.29, 0.717) is 12.0 Å². The number of carbonyl (C=O) groups excluding carboxylic acids is 1. The lowest BCUT2D eigenvalue weighted by Crippen LogP contribution is -2.41. The number of para-hydroxylation sites is 1. The Kier molecular flexibility index (Phi) is 3.65. The summed E-state index contributed by atoms with van der Waals surface area (Å²) in [6, 6.07) is 8.76. The maximum Gasteiger partial charge on any atom is 0.268 e. The van der Waals surface area contributed by atoms with Crippen LogP contribution in [0.4, 0.5) is 0 Å². The van der Waals surface area contributed by atoms with Gasteiger partial charge >= 0.3 is 0 Å². The van der Waals surface area contributed by atoms with E-state index < -0.39 is 0 Å². The van der Waals surface area contributed by atoms with Crippen molar-refractivity contribution in [2.45, 2.75) is 50.1 Å². The Balaban J connectivity index is 1.66. The molecule has 1 fully saturated rings. The van der Waals surface area contributed by atoms with E-state index in [1.165, 1.54) is 35.1 Å². The summed E-state index contributed by atoms with van der Waals surface area (Å²) in [4.78, 5) is 14.1. The van der Waals surface area contributed by atoms with Gasteiger partial charge in [0.05, 0.1) is 5.52 Å². The number of carbonyl (C=O) groups is 1. The molecule has 1 aromatic heterocycles. The van der Waals surface area contributed by atoms with Gasteiger partial charge in [0.25, 0.3) is 5.91 Å². The van der Waals surface area contributed by atoms with Gasteiger partial charge in [0.2, 0.25) is 0 Å². The third-order valence-electron chi connectivity index (χ3n) is 5.12. The fourth-order valence-electron chi connectivity index (χ4n) is 3.85. The van der Waals surface area contributed by atoms with Crippen LogP contribution in [0.5, 0.6) is 0 Å². The Morgan fingerprint density at radius 1 is 1.32 bits per heavy atom. The normalized spacial score (nSPS) is 24.4. The highest BCUT2D eigenvalue weighted by Crippen LogP contribution is 2.34. The number of nitrogens with zero attached hydrogens (tertiary/aromatic N) is 1. The lowest BCUT2D eigenvalue weighted by atomic mass is 9.86. The number of nitrogens with one attached hydrogen (secondary N) is 1. The predicted molar refractivity (Wildman–Crippen MR) is 91.5 cm³/mol. The minimum atomic E-state index is 0.104. The minimum absolute atomic E-state index is 0.104. The van der Waals surface area contributed by atoms with Crippen LogP contribution in [0.25, 0.3) is 10.9 Å². The lowest BCUT2D eigenvalue weighted by Gasteiger charge is -2.29. The first-order valence-electron chi connectivity index (χ1n) is 8.30. The van der Waals surface area contributed by atoms with Gasteiger partial charge in [-0.2, -0.15) is 0 Å². The standard InChI is InChI=1S/C18H22N2OS/c1-12-5-2-3-7-14(12)19-18(21)15-11-13-6-4-8-16-17(13)20(15)9-10-22-16/h4,6,8,11-12,14H,2-3,5,7,9-10H2,1H3,(H,19,21)/t12-,14-/m1/s1. The summed E-state index contributed by atoms with van der Waals surface area (Å²) in [5.41, 5.74) is 2.07. The first-order chi connectivity index (χ1) is 10.7. The molecule has 4 heteroatoms. The zero-order valence-corrected chi connectivity index (χ0v) is 13.8. The highest BCUT2D eigenvalue weighted by molar-refractivity contribution is 7.99. The van der Waals surface area contributed by atoms with Crippen LogP contribution in [0.2, 0.25) is 0 Å². The van der Waals surface area contributed by atoms with Gasteiger partial charge in [-0.15, -0.1) is 11.8 Å². The predicted octanol–water partition coefficient (Wildman–Crippen LogP) is 4.06. The summed E-state index contributed by atoms with van der Waals surface area (Å²) in [6.07, 6.45) is 4.89. The van der Waals surface area contributed by atoms with Crippen LogP contribution in [0.15, 0.2) is 29.2 Å². The zero-order valence-electron chi connectivity index (χ0n) is 13.0. The smallest absolute Gasteiger partial charge is 0.268 e. The van der Waals surface area contributed by atoms with Crippen LogP contribution >= 0.6 is 11.8 Å². The second-order valence-corrected chi connectivity index (χ2v) is 7.70. The minimum Gasteiger partial charge on any atom is -0.348 e. The number of hydrogen-bond donors (Lipinski definition) is 1. The van der Waals surface area contributed by atoms with Crippen LogP contribution in [-0.4, -0.2) is 22.3 Å². The summed E-state index contributed by atoms with van der Waals surface area (Å²) in [5.74, 6) is 1.74. The molecule has 2 aliphatic rings. The number of rotatable bonds is 2. The third kappa shape index (κ3) is 2.34. The van der Waals surface area contributed by atoms with Gasteiger partial charge < -0.3 is 9.88 Å². The molecule has 1 aromatic carbocycles. The van der Waals surface area contributed by atoms with Crippen molar-refractivity contribution < 1.29 is 4.79 Å². The number of aryl methyl sites for hydroxylation is 1. The second kappa shape index (κ2) is 5.65. The van der Waals surface area contributed by atoms with Gasteiger partial charge in [-0.25, -0.2) is 0 Å². The topological polar surface area (TPSA) is 34.0 Å². The van der Waals surface area contributed by atoms with E-state index in [2.05, 4.69) is 41.1 Å². The molecule has 116 valence electrons. The SMILES string of the molecule is C[C@@H]1CCCC[C@H]1NC(=O)c1cc2cccc3c2n1CCS3. The van der Waals surface area contributed by atoms with Crippen molar-refractivity contribution in [2.24, 2.45) is 5.92 Å². The van der Waals surface area contributed by atoms with Gasteiger partial charge in [-0.05, 0) is 30.9 Å². The van der Waals surface area contributed by atoms with E-state index in [1.54, 1.807) is 0 Å². The van der Waals surface area contributed by atoms with Crippen molar-refractivity contribution in [3.05, 3.63) is 30.0 Å². The molecule has 0 spiro atoms. The zero-order chi connectivity index (χ0) is 15.1. The summed E-state index contributed by atoms with van der Waals surface area (Å²) in [5, 5.41) is 4.48. The van der Waals surface area contributed by atoms with Gasteiger partial charge in [0, 0.05) is 28.6 Å². The van der Waals surface area contributed by atoms with E-state index in [0.717, 1.165) is 24.4 Å². The van der Waals surface area contributed by atoms with Crippen LogP contribution in [0.3, 0.4) is 0 Å². The quantitative estimate of drug-likeness (QED) is 0.907. The molecule has 0 radical (unpaired) electrons. The monoisotopic (exact) mass is 314 g/mol. The van der Waals surface area contributed by atoms with Gasteiger partial charge in [-0.1, -0.05) is 31.9 Å². The molecule has 2 heterocycles. The van der Waals surface area contributed by atoms with Crippen LogP contribution in [-0.2, 0) is 6.54 Å². The van der Waals surface area contributed by atoms with Gasteiger partial charge in [0.1, 0.15) is 5.69 Å². The maximum absolute atomic E-state index is 12.8. The van der Waals surface area contributed by atoms with Crippen LogP contribution in [0, 0.1) is 5.92 Å². The Bertz CT molecular complexity index is 721. The largest absolute Gasteiger partial charge is 0.348 e. The molecule has 4 rings (SSSR count). The Hall–Kier alpha value is -1.42. The Morgan fingerprint density at radius 2 is 2.18 bits per heavy atom. The Morgan fingerprint density at radius 3 is 3.05 bits per heavy atom. The molecule has 0 unspecified atom stereocenters. The second-order valence-electron chi connectivity index (χ2n) is 6.57. The molecule has 1 amide bonds. The number of amides is 1. The third-order valence-corrected chi connectivity index (χ3v) is 6.14.